The summed E-state index contributed by atoms with van der Waals surface area (Å²) in [5.74, 6) is 0.440. The highest BCUT2D eigenvalue weighted by Gasteiger charge is 2.33. The molecule has 1 aromatic heterocycles. The lowest BCUT2D eigenvalue weighted by atomic mass is 10.2. The SMILES string of the molecule is C1CC2OCCC2O1.Cc1cnc(Cl)nc1N. The molecule has 0 spiro atoms. The topological polar surface area (TPSA) is 70.3 Å². The van der Waals surface area contributed by atoms with Crippen LogP contribution in [0.5, 0.6) is 0 Å². The summed E-state index contributed by atoms with van der Waals surface area (Å²) in [6.45, 7) is 3.65. The number of nitrogens with two attached hydrogens (primary N) is 1. The quantitative estimate of drug-likeness (QED) is 0.715. The van der Waals surface area contributed by atoms with Crippen LogP contribution in [0.1, 0.15) is 18.4 Å². The maximum atomic E-state index is 5.41. The van der Waals surface area contributed by atoms with Crippen LogP contribution in [0.25, 0.3) is 0 Å². The molecule has 94 valence electrons. The van der Waals surface area contributed by atoms with Gasteiger partial charge in [0.2, 0.25) is 5.28 Å². The van der Waals surface area contributed by atoms with E-state index in [1.807, 2.05) is 6.92 Å². The molecule has 2 fully saturated rings. The number of rotatable bonds is 0. The molecule has 2 aliphatic rings. The monoisotopic (exact) mass is 257 g/mol. The number of hydrogen-bond donors (Lipinski definition) is 1. The number of halogens is 1. The molecule has 0 amide bonds. The Morgan fingerprint density at radius 2 is 1.88 bits per heavy atom. The Kier molecular flexibility index (Phi) is 4.15. The average Bonchev–Trinajstić information content (AvgIpc) is 2.87. The molecule has 3 heterocycles. The zero-order chi connectivity index (χ0) is 12.3. The van der Waals surface area contributed by atoms with Gasteiger partial charge >= 0.3 is 0 Å². The normalized spacial score (nSPS) is 26.2. The van der Waals surface area contributed by atoms with Gasteiger partial charge in [0.15, 0.2) is 0 Å². The molecule has 2 atom stereocenters. The van der Waals surface area contributed by atoms with Crippen LogP contribution in [0.3, 0.4) is 0 Å². The van der Waals surface area contributed by atoms with Crippen molar-refractivity contribution in [2.24, 2.45) is 0 Å². The van der Waals surface area contributed by atoms with Gasteiger partial charge in [-0.1, -0.05) is 0 Å². The highest BCUT2D eigenvalue weighted by atomic mass is 35.5. The van der Waals surface area contributed by atoms with Crippen LogP contribution in [-0.4, -0.2) is 35.4 Å². The summed E-state index contributed by atoms with van der Waals surface area (Å²) in [5.41, 5.74) is 6.23. The fraction of sp³-hybridized carbons (Fsp3) is 0.636. The third-order valence-electron chi connectivity index (χ3n) is 2.86. The Balaban J connectivity index is 0.000000127. The zero-order valence-electron chi connectivity index (χ0n) is 9.73. The maximum absolute atomic E-state index is 5.41. The predicted molar refractivity (Wildman–Crippen MR) is 64.9 cm³/mol. The predicted octanol–water partition coefficient (Wildman–Crippen LogP) is 1.58. The van der Waals surface area contributed by atoms with Gasteiger partial charge in [0.25, 0.3) is 0 Å². The fourth-order valence-electron chi connectivity index (χ4n) is 1.86. The average molecular weight is 258 g/mol. The summed E-state index contributed by atoms with van der Waals surface area (Å²) in [5, 5.41) is 0.193. The molecule has 6 heteroatoms. The van der Waals surface area contributed by atoms with Crippen molar-refractivity contribution in [3.8, 4) is 0 Å². The van der Waals surface area contributed by atoms with E-state index >= 15 is 0 Å². The molecule has 2 N–H and O–H groups in total. The molecule has 0 bridgehead atoms. The van der Waals surface area contributed by atoms with Crippen molar-refractivity contribution >= 4 is 17.4 Å². The molecule has 3 rings (SSSR count). The molecule has 5 nitrogen and oxygen atoms in total. The van der Waals surface area contributed by atoms with Gasteiger partial charge in [-0.05, 0) is 31.4 Å². The third-order valence-corrected chi connectivity index (χ3v) is 3.05. The molecule has 1 aromatic rings. The Morgan fingerprint density at radius 1 is 1.29 bits per heavy atom. The van der Waals surface area contributed by atoms with Crippen molar-refractivity contribution in [1.29, 1.82) is 0 Å². The second-order valence-corrected chi connectivity index (χ2v) is 4.44. The van der Waals surface area contributed by atoms with Gasteiger partial charge in [-0.2, -0.15) is 0 Å². The second-order valence-electron chi connectivity index (χ2n) is 4.10. The molecular formula is C11H16ClN3O2. The van der Waals surface area contributed by atoms with Crippen molar-refractivity contribution in [2.45, 2.75) is 32.0 Å². The smallest absolute Gasteiger partial charge is 0.224 e. The van der Waals surface area contributed by atoms with Crippen LogP contribution in [0.2, 0.25) is 5.28 Å². The van der Waals surface area contributed by atoms with Gasteiger partial charge in [-0.15, -0.1) is 0 Å². The number of nitrogen functional groups attached to an aromatic ring is 1. The summed E-state index contributed by atoms with van der Waals surface area (Å²) in [7, 11) is 0. The Hall–Kier alpha value is -0.910. The minimum Gasteiger partial charge on any atom is -0.383 e. The van der Waals surface area contributed by atoms with Gasteiger partial charge < -0.3 is 15.2 Å². The van der Waals surface area contributed by atoms with Crippen LogP contribution in [0.4, 0.5) is 5.82 Å². The van der Waals surface area contributed by atoms with Gasteiger partial charge in [0.1, 0.15) is 5.82 Å². The fourth-order valence-corrected chi connectivity index (χ4v) is 2.00. The highest BCUT2D eigenvalue weighted by molar-refractivity contribution is 6.28. The van der Waals surface area contributed by atoms with Crippen molar-refractivity contribution in [3.05, 3.63) is 17.0 Å². The summed E-state index contributed by atoms with van der Waals surface area (Å²) < 4.78 is 10.7. The first-order valence-corrected chi connectivity index (χ1v) is 6.02. The molecule has 0 saturated carbocycles. The van der Waals surface area contributed by atoms with Crippen molar-refractivity contribution in [2.75, 3.05) is 18.9 Å². The van der Waals surface area contributed by atoms with E-state index in [0.717, 1.165) is 31.6 Å². The van der Waals surface area contributed by atoms with E-state index in [9.17, 15) is 0 Å². The summed E-state index contributed by atoms with van der Waals surface area (Å²) in [6, 6.07) is 0. The Morgan fingerprint density at radius 3 is 2.35 bits per heavy atom. The van der Waals surface area contributed by atoms with Crippen LogP contribution in [-0.2, 0) is 9.47 Å². The minimum absolute atomic E-state index is 0.193. The molecule has 2 unspecified atom stereocenters. The van der Waals surface area contributed by atoms with Crippen LogP contribution in [0, 0.1) is 6.92 Å². The van der Waals surface area contributed by atoms with E-state index in [0.29, 0.717) is 18.0 Å². The highest BCUT2D eigenvalue weighted by Crippen LogP contribution is 2.25. The van der Waals surface area contributed by atoms with Gasteiger partial charge in [-0.3, -0.25) is 0 Å². The standard InChI is InChI=1S/C6H10O2.C5H6ClN3/c1-3-7-6-2-4-8-5(1)6;1-3-2-8-5(6)9-4(3)7/h5-6H,1-4H2;2H,1H3,(H2,7,8,9). The lowest BCUT2D eigenvalue weighted by molar-refractivity contribution is 0.0732. The largest absolute Gasteiger partial charge is 0.383 e. The molecule has 0 aromatic carbocycles. The van der Waals surface area contributed by atoms with Gasteiger partial charge in [0, 0.05) is 25.0 Å². The molecular weight excluding hydrogens is 242 g/mol. The Bertz CT molecular complexity index is 369. The molecule has 2 saturated heterocycles. The van der Waals surface area contributed by atoms with Gasteiger partial charge in [-0.25, -0.2) is 9.97 Å². The first kappa shape index (κ1) is 12.5. The van der Waals surface area contributed by atoms with Crippen molar-refractivity contribution < 1.29 is 9.47 Å². The Labute approximate surface area is 105 Å². The number of aryl methyl sites for hydroxylation is 1. The zero-order valence-corrected chi connectivity index (χ0v) is 10.5. The van der Waals surface area contributed by atoms with E-state index in [-0.39, 0.29) is 5.28 Å². The summed E-state index contributed by atoms with van der Waals surface area (Å²) in [6.07, 6.45) is 4.73. The van der Waals surface area contributed by atoms with Crippen molar-refractivity contribution in [3.63, 3.8) is 0 Å². The summed E-state index contributed by atoms with van der Waals surface area (Å²) >= 11 is 5.41. The van der Waals surface area contributed by atoms with E-state index in [2.05, 4.69) is 9.97 Å². The lowest BCUT2D eigenvalue weighted by Crippen LogP contribution is -2.13. The molecule has 0 aliphatic carbocycles. The maximum Gasteiger partial charge on any atom is 0.224 e. The van der Waals surface area contributed by atoms with E-state index < -0.39 is 0 Å². The van der Waals surface area contributed by atoms with E-state index in [4.69, 9.17) is 26.8 Å². The number of hydrogen-bond acceptors (Lipinski definition) is 5. The summed E-state index contributed by atoms with van der Waals surface area (Å²) in [4.78, 5) is 7.42. The van der Waals surface area contributed by atoms with Crippen molar-refractivity contribution in [1.82, 2.24) is 9.97 Å². The molecule has 17 heavy (non-hydrogen) atoms. The van der Waals surface area contributed by atoms with Crippen LogP contribution >= 0.6 is 11.6 Å². The first-order valence-electron chi connectivity index (χ1n) is 5.64. The third kappa shape index (κ3) is 3.28. The first-order chi connectivity index (χ1) is 8.16. The number of anilines is 1. The number of aromatic nitrogens is 2. The number of ether oxygens (including phenoxy) is 2. The van der Waals surface area contributed by atoms with E-state index in [1.54, 1.807) is 6.20 Å². The second kappa shape index (κ2) is 5.62. The molecule has 2 aliphatic heterocycles. The minimum atomic E-state index is 0.193. The number of nitrogens with zero attached hydrogens (tertiary/aromatic N) is 2. The van der Waals surface area contributed by atoms with Crippen LogP contribution in [0.15, 0.2) is 6.20 Å². The lowest BCUT2D eigenvalue weighted by Gasteiger charge is -2.03. The van der Waals surface area contributed by atoms with Gasteiger partial charge in [0.05, 0.1) is 12.2 Å². The van der Waals surface area contributed by atoms with E-state index in [1.165, 1.54) is 0 Å². The number of fused-ring (bicyclic) bond motifs is 1. The van der Waals surface area contributed by atoms with Crippen LogP contribution < -0.4 is 5.73 Å². The molecule has 0 radical (unpaired) electrons.